The molecule has 2 aliphatic carbocycles. The molecule has 1 fully saturated rings. The van der Waals surface area contributed by atoms with Crippen molar-refractivity contribution >= 4 is 11.4 Å². The van der Waals surface area contributed by atoms with Crippen LogP contribution in [0.3, 0.4) is 0 Å². The number of nitrogens with zero attached hydrogens (tertiary/aromatic N) is 6. The number of rotatable bonds is 4. The Morgan fingerprint density at radius 1 is 1.17 bits per heavy atom. The van der Waals surface area contributed by atoms with Crippen LogP contribution in [-0.2, 0) is 0 Å². The highest BCUT2D eigenvalue weighted by Gasteiger charge is 2.52. The number of aliphatic hydroxyl groups is 4. The van der Waals surface area contributed by atoms with Gasteiger partial charge in [-0.2, -0.15) is 13.9 Å². The predicted molar refractivity (Wildman–Crippen MR) is 140 cm³/mol. The number of fused-ring (bicyclic) bond motifs is 9. The summed E-state index contributed by atoms with van der Waals surface area (Å²) in [4.78, 5) is 26.1. The minimum Gasteiger partial charge on any atom is -0.434 e. The average molecular weight is 584 g/mol. The Balaban J connectivity index is 0.000000397. The number of aromatic nitrogens is 5. The maximum atomic E-state index is 13.3. The lowest BCUT2D eigenvalue weighted by molar-refractivity contribution is -0.385. The zero-order valence-electron chi connectivity index (χ0n) is 22.2. The van der Waals surface area contributed by atoms with E-state index >= 15 is 0 Å². The highest BCUT2D eigenvalue weighted by atomic mass is 19.3. The van der Waals surface area contributed by atoms with Gasteiger partial charge in [0.15, 0.2) is 0 Å². The fourth-order valence-corrected chi connectivity index (χ4v) is 6.05. The van der Waals surface area contributed by atoms with E-state index in [1.54, 1.807) is 18.5 Å². The molecule has 1 saturated carbocycles. The average Bonchev–Trinajstić information content (AvgIpc) is 3.40. The van der Waals surface area contributed by atoms with Gasteiger partial charge in [-0.25, -0.2) is 19.5 Å². The minimum atomic E-state index is -3.53. The molecule has 42 heavy (non-hydrogen) atoms. The smallest absolute Gasteiger partial charge is 0.387 e. The lowest BCUT2D eigenvalue weighted by Crippen LogP contribution is -2.53. The molecule has 1 amide bonds. The van der Waals surface area contributed by atoms with Crippen molar-refractivity contribution in [2.24, 2.45) is 5.73 Å². The highest BCUT2D eigenvalue weighted by molar-refractivity contribution is 5.98. The van der Waals surface area contributed by atoms with Gasteiger partial charge in [0.05, 0.1) is 29.1 Å². The van der Waals surface area contributed by atoms with Gasteiger partial charge < -0.3 is 30.9 Å². The number of benzene rings is 1. The molecule has 1 aliphatic heterocycles. The first-order chi connectivity index (χ1) is 19.8. The van der Waals surface area contributed by atoms with Gasteiger partial charge in [-0.1, -0.05) is 6.07 Å². The van der Waals surface area contributed by atoms with Crippen LogP contribution in [0.5, 0.6) is 5.75 Å². The molecule has 220 valence electrons. The molecule has 4 aromatic rings. The van der Waals surface area contributed by atoms with Gasteiger partial charge in [-0.05, 0) is 44.4 Å². The van der Waals surface area contributed by atoms with Crippen LogP contribution in [0.2, 0.25) is 0 Å². The van der Waals surface area contributed by atoms with Gasteiger partial charge in [0.25, 0.3) is 5.91 Å². The number of halogens is 2. The Morgan fingerprint density at radius 3 is 2.48 bits per heavy atom. The second-order valence-corrected chi connectivity index (χ2v) is 10.9. The quantitative estimate of drug-likeness (QED) is 0.217. The Morgan fingerprint density at radius 2 is 1.88 bits per heavy atom. The van der Waals surface area contributed by atoms with Crippen molar-refractivity contribution in [1.82, 2.24) is 29.5 Å². The van der Waals surface area contributed by atoms with Crippen LogP contribution in [0.15, 0.2) is 49.3 Å². The van der Waals surface area contributed by atoms with Gasteiger partial charge in [0.2, 0.25) is 0 Å². The maximum absolute atomic E-state index is 13.3. The molecule has 1 aromatic carbocycles. The molecule has 0 radical (unpaired) electrons. The van der Waals surface area contributed by atoms with Crippen molar-refractivity contribution in [3.63, 3.8) is 0 Å². The SMILES string of the molecule is CC1(N)CC(O)C1.O=C1c2cccc(OC(F)F)c2C2CC(c3nn4cnc(-c5cncnc5)cc4c32)N1C(O)(O)O. The van der Waals surface area contributed by atoms with Crippen molar-refractivity contribution in [2.75, 3.05) is 0 Å². The van der Waals surface area contributed by atoms with E-state index in [4.69, 9.17) is 15.6 Å². The summed E-state index contributed by atoms with van der Waals surface area (Å²) in [6, 6.07) is 4.65. The van der Waals surface area contributed by atoms with Crippen LogP contribution in [0.4, 0.5) is 8.78 Å². The Kier molecular flexibility index (Phi) is 6.66. The molecular weight excluding hydrogens is 556 g/mol. The van der Waals surface area contributed by atoms with E-state index in [1.165, 1.54) is 35.4 Å². The number of carbonyl (C=O) groups excluding carboxylic acids is 1. The number of alkyl halides is 2. The lowest BCUT2D eigenvalue weighted by Gasteiger charge is -2.38. The number of ether oxygens (including phenoxy) is 1. The van der Waals surface area contributed by atoms with Crippen molar-refractivity contribution in [2.45, 2.75) is 62.5 Å². The summed E-state index contributed by atoms with van der Waals surface area (Å²) in [5.74, 6) is -1.88. The van der Waals surface area contributed by atoms with Crippen LogP contribution >= 0.6 is 0 Å². The van der Waals surface area contributed by atoms with Gasteiger partial charge in [-0.15, -0.1) is 0 Å². The molecule has 15 heteroatoms. The third-order valence-corrected chi connectivity index (χ3v) is 7.69. The third kappa shape index (κ3) is 4.84. The molecule has 0 saturated heterocycles. The normalized spacial score (nSPS) is 24.5. The first kappa shape index (κ1) is 28.0. The molecule has 2 bridgehead atoms. The Labute approximate surface area is 236 Å². The fraction of sp³-hybridized carbons (Fsp3) is 0.370. The van der Waals surface area contributed by atoms with E-state index in [9.17, 15) is 28.9 Å². The first-order valence-corrected chi connectivity index (χ1v) is 13.0. The van der Waals surface area contributed by atoms with Crippen molar-refractivity contribution < 1.29 is 38.7 Å². The molecule has 7 rings (SSSR count). The summed E-state index contributed by atoms with van der Waals surface area (Å²) in [7, 11) is 0. The van der Waals surface area contributed by atoms with Crippen LogP contribution in [0, 0.1) is 0 Å². The van der Waals surface area contributed by atoms with E-state index in [0.717, 1.165) is 12.8 Å². The maximum Gasteiger partial charge on any atom is 0.387 e. The third-order valence-electron chi connectivity index (χ3n) is 7.69. The number of hydrogen-bond acceptors (Lipinski definition) is 11. The second kappa shape index (κ2) is 9.99. The lowest BCUT2D eigenvalue weighted by atomic mass is 9.77. The van der Waals surface area contributed by atoms with Crippen LogP contribution in [-0.4, -0.2) is 80.2 Å². The summed E-state index contributed by atoms with van der Waals surface area (Å²) in [6.45, 7) is -1.20. The van der Waals surface area contributed by atoms with Gasteiger partial charge in [-0.3, -0.25) is 9.69 Å². The zero-order valence-corrected chi connectivity index (χ0v) is 22.2. The van der Waals surface area contributed by atoms with Crippen molar-refractivity contribution in [3.05, 3.63) is 71.7 Å². The summed E-state index contributed by atoms with van der Waals surface area (Å²) in [6.07, 6.45) is 3.91. The largest absolute Gasteiger partial charge is 0.434 e. The first-order valence-electron chi connectivity index (χ1n) is 13.0. The molecule has 6 N–H and O–H groups in total. The zero-order chi connectivity index (χ0) is 30.0. The number of carbonyl (C=O) groups is 1. The number of hydrogen-bond donors (Lipinski definition) is 5. The van der Waals surface area contributed by atoms with E-state index in [-0.39, 0.29) is 40.6 Å². The summed E-state index contributed by atoms with van der Waals surface area (Å²) in [5, 5.41) is 43.5. The number of aliphatic hydroxyl groups excluding tert-OH is 1. The molecule has 3 aromatic heterocycles. The van der Waals surface area contributed by atoms with Crippen LogP contribution in [0.1, 0.15) is 65.3 Å². The minimum absolute atomic E-state index is 0.0477. The fourth-order valence-electron chi connectivity index (χ4n) is 6.05. The van der Waals surface area contributed by atoms with Crippen LogP contribution < -0.4 is 10.5 Å². The van der Waals surface area contributed by atoms with E-state index in [0.29, 0.717) is 27.2 Å². The predicted octanol–water partition coefficient (Wildman–Crippen LogP) is 1.27. The van der Waals surface area contributed by atoms with E-state index in [1.807, 2.05) is 6.92 Å². The van der Waals surface area contributed by atoms with Gasteiger partial charge >= 0.3 is 12.7 Å². The van der Waals surface area contributed by atoms with Crippen molar-refractivity contribution in [1.29, 1.82) is 0 Å². The van der Waals surface area contributed by atoms with Crippen LogP contribution in [0.25, 0.3) is 16.8 Å². The summed E-state index contributed by atoms with van der Waals surface area (Å²) < 4.78 is 32.7. The van der Waals surface area contributed by atoms with Crippen molar-refractivity contribution in [3.8, 4) is 17.0 Å². The monoisotopic (exact) mass is 583 g/mol. The van der Waals surface area contributed by atoms with Gasteiger partial charge in [0, 0.05) is 46.1 Å². The van der Waals surface area contributed by atoms with E-state index < -0.39 is 30.6 Å². The molecule has 0 spiro atoms. The molecule has 2 atom stereocenters. The molecule has 2 unspecified atom stereocenters. The Bertz CT molecular complexity index is 1650. The van der Waals surface area contributed by atoms with E-state index in [2.05, 4.69) is 20.1 Å². The highest BCUT2D eigenvalue weighted by Crippen LogP contribution is 2.54. The number of amides is 1. The van der Waals surface area contributed by atoms with Gasteiger partial charge in [0.1, 0.15) is 18.4 Å². The second-order valence-electron chi connectivity index (χ2n) is 10.9. The Hall–Kier alpha value is -4.15. The topological polar surface area (TPSA) is 192 Å². The molecule has 3 aliphatic rings. The summed E-state index contributed by atoms with van der Waals surface area (Å²) in [5.41, 5.74) is 8.06. The standard InChI is InChI=1S/C22H16F2N6O5.C5H11NO/c23-21(24)35-16-3-1-2-11-17(16)12-4-15(30(20(11)31)22(32,33)34)19-18(12)14-5-13(27-9-29(14)28-19)10-6-25-8-26-7-10;1-5(6)2-4(7)3-5/h1-3,5-9,12,15,21,32-34H,4H2;4,7H,2-3,6H2,1H3. The number of nitrogens with two attached hydrogens (primary N) is 1. The molecule has 4 heterocycles. The molecule has 13 nitrogen and oxygen atoms in total. The molecular formula is C27H27F2N7O6. The summed E-state index contributed by atoms with van der Waals surface area (Å²) >= 11 is 0.